The standard InChI is InChI=1S/C12H12N2O2S2/c1-5-3-4-7-9(6(5)2)14-10(13-7)8(11(15)17)12(16)18/h3-4,8H,1-2H3,(H,13,14)(H,15,17)(H,16,18). The van der Waals surface area contributed by atoms with E-state index in [0.717, 1.165) is 22.2 Å². The fourth-order valence-corrected chi connectivity index (χ4v) is 2.39. The zero-order valence-corrected chi connectivity index (χ0v) is 11.7. The predicted octanol–water partition coefficient (Wildman–Crippen LogP) is 2.18. The Labute approximate surface area is 115 Å². The molecule has 0 atom stereocenters. The van der Waals surface area contributed by atoms with E-state index in [0.29, 0.717) is 5.82 Å². The minimum absolute atomic E-state index is 0.290. The normalized spacial score (nSPS) is 11.2. The number of aromatic nitrogens is 2. The van der Waals surface area contributed by atoms with Crippen molar-refractivity contribution in [3.63, 3.8) is 0 Å². The van der Waals surface area contributed by atoms with E-state index in [2.05, 4.69) is 35.2 Å². The number of thiol groups is 2. The van der Waals surface area contributed by atoms with Gasteiger partial charge in [-0.1, -0.05) is 6.07 Å². The van der Waals surface area contributed by atoms with Gasteiger partial charge < -0.3 is 4.98 Å². The lowest BCUT2D eigenvalue weighted by molar-refractivity contribution is -0.119. The quantitative estimate of drug-likeness (QED) is 0.596. The van der Waals surface area contributed by atoms with Crippen molar-refractivity contribution in [1.82, 2.24) is 9.97 Å². The first kappa shape index (κ1) is 13.2. The molecule has 6 heteroatoms. The molecule has 18 heavy (non-hydrogen) atoms. The first-order valence-corrected chi connectivity index (χ1v) is 6.22. The number of aromatic amines is 1. The molecule has 0 aliphatic heterocycles. The maximum Gasteiger partial charge on any atom is 0.204 e. The zero-order valence-electron chi connectivity index (χ0n) is 9.89. The zero-order chi connectivity index (χ0) is 13.4. The van der Waals surface area contributed by atoms with Crippen molar-refractivity contribution < 1.29 is 9.59 Å². The van der Waals surface area contributed by atoms with Crippen molar-refractivity contribution in [3.05, 3.63) is 29.1 Å². The number of rotatable bonds is 3. The topological polar surface area (TPSA) is 62.8 Å². The van der Waals surface area contributed by atoms with Crippen molar-refractivity contribution in [2.45, 2.75) is 19.8 Å². The van der Waals surface area contributed by atoms with Crippen molar-refractivity contribution in [1.29, 1.82) is 0 Å². The van der Waals surface area contributed by atoms with Crippen LogP contribution in [0.3, 0.4) is 0 Å². The van der Waals surface area contributed by atoms with Gasteiger partial charge in [0.15, 0.2) is 5.92 Å². The van der Waals surface area contributed by atoms with E-state index >= 15 is 0 Å². The summed E-state index contributed by atoms with van der Waals surface area (Å²) in [6.45, 7) is 3.93. The Morgan fingerprint density at radius 2 is 1.83 bits per heavy atom. The molecule has 0 spiro atoms. The first-order valence-electron chi connectivity index (χ1n) is 5.33. The van der Waals surface area contributed by atoms with E-state index in [-0.39, 0.29) is 0 Å². The number of benzene rings is 1. The Balaban J connectivity index is 2.63. The van der Waals surface area contributed by atoms with Crippen LogP contribution in [0.1, 0.15) is 22.9 Å². The second kappa shape index (κ2) is 4.78. The number of hydrogen-bond donors (Lipinski definition) is 3. The van der Waals surface area contributed by atoms with Gasteiger partial charge in [0.1, 0.15) is 5.82 Å². The van der Waals surface area contributed by atoms with E-state index in [1.807, 2.05) is 26.0 Å². The smallest absolute Gasteiger partial charge is 0.204 e. The van der Waals surface area contributed by atoms with E-state index in [9.17, 15) is 9.59 Å². The van der Waals surface area contributed by atoms with E-state index in [1.54, 1.807) is 0 Å². The van der Waals surface area contributed by atoms with Gasteiger partial charge in [-0.25, -0.2) is 4.98 Å². The summed E-state index contributed by atoms with van der Waals surface area (Å²) >= 11 is 7.41. The summed E-state index contributed by atoms with van der Waals surface area (Å²) in [4.78, 5) is 30.0. The van der Waals surface area contributed by atoms with Crippen LogP contribution in [-0.4, -0.2) is 20.2 Å². The molecule has 4 nitrogen and oxygen atoms in total. The van der Waals surface area contributed by atoms with Crippen LogP contribution < -0.4 is 0 Å². The molecular weight excluding hydrogens is 268 g/mol. The summed E-state index contributed by atoms with van der Waals surface area (Å²) in [5.74, 6) is -0.762. The average molecular weight is 280 g/mol. The first-order chi connectivity index (χ1) is 8.41. The second-order valence-electron chi connectivity index (χ2n) is 4.14. The Bertz CT molecular complexity index is 635. The van der Waals surface area contributed by atoms with Crippen molar-refractivity contribution >= 4 is 46.5 Å². The van der Waals surface area contributed by atoms with Crippen LogP contribution in [0.25, 0.3) is 11.0 Å². The third-order valence-electron chi connectivity index (χ3n) is 2.96. The van der Waals surface area contributed by atoms with Gasteiger partial charge in [-0.15, -0.1) is 25.3 Å². The third kappa shape index (κ3) is 2.18. The molecule has 0 amide bonds. The highest BCUT2D eigenvalue weighted by atomic mass is 32.1. The number of hydrogen-bond acceptors (Lipinski definition) is 3. The van der Waals surface area contributed by atoms with Crippen LogP contribution in [0.4, 0.5) is 0 Å². The highest BCUT2D eigenvalue weighted by Gasteiger charge is 2.27. The molecule has 0 saturated heterocycles. The second-order valence-corrected chi connectivity index (χ2v) is 5.02. The van der Waals surface area contributed by atoms with E-state index in [1.165, 1.54) is 0 Å². The maximum atomic E-state index is 11.3. The van der Waals surface area contributed by atoms with Gasteiger partial charge in [0.25, 0.3) is 0 Å². The number of carbonyl (C=O) groups excluding carboxylic acids is 2. The SMILES string of the molecule is Cc1ccc2[nH]c(C(C(=O)S)C(=O)S)nc2c1C. The van der Waals surface area contributed by atoms with Crippen molar-refractivity contribution in [3.8, 4) is 0 Å². The van der Waals surface area contributed by atoms with Crippen molar-refractivity contribution in [2.75, 3.05) is 0 Å². The van der Waals surface area contributed by atoms with Gasteiger partial charge in [-0.2, -0.15) is 0 Å². The highest BCUT2D eigenvalue weighted by molar-refractivity contribution is 7.99. The summed E-state index contributed by atoms with van der Waals surface area (Å²) in [5.41, 5.74) is 3.68. The van der Waals surface area contributed by atoms with Gasteiger partial charge >= 0.3 is 0 Å². The molecule has 1 N–H and O–H groups in total. The third-order valence-corrected chi connectivity index (χ3v) is 3.48. The summed E-state index contributed by atoms with van der Waals surface area (Å²) < 4.78 is 0. The molecule has 94 valence electrons. The van der Waals surface area contributed by atoms with Crippen LogP contribution in [0.2, 0.25) is 0 Å². The molecule has 0 aliphatic carbocycles. The summed E-state index contributed by atoms with van der Waals surface area (Å²) in [6, 6.07) is 3.83. The Kier molecular flexibility index (Phi) is 3.49. The van der Waals surface area contributed by atoms with E-state index < -0.39 is 16.1 Å². The Morgan fingerprint density at radius 1 is 1.22 bits per heavy atom. The molecule has 0 bridgehead atoms. The number of fused-ring (bicyclic) bond motifs is 1. The summed E-state index contributed by atoms with van der Waals surface area (Å²) in [5, 5.41) is -1.13. The van der Waals surface area contributed by atoms with Crippen LogP contribution in [-0.2, 0) is 9.59 Å². The number of nitrogens with zero attached hydrogens (tertiary/aromatic N) is 1. The minimum atomic E-state index is -1.05. The minimum Gasteiger partial charge on any atom is -0.341 e. The Morgan fingerprint density at radius 3 is 2.39 bits per heavy atom. The molecule has 2 aromatic rings. The predicted molar refractivity (Wildman–Crippen MR) is 76.3 cm³/mol. The molecule has 2 rings (SSSR count). The van der Waals surface area contributed by atoms with E-state index in [4.69, 9.17) is 0 Å². The number of nitrogens with one attached hydrogen (secondary N) is 1. The molecule has 0 unspecified atom stereocenters. The van der Waals surface area contributed by atoms with Crippen LogP contribution in [0.5, 0.6) is 0 Å². The maximum absolute atomic E-state index is 11.3. The molecular formula is C12H12N2O2S2. The van der Waals surface area contributed by atoms with Gasteiger partial charge in [0, 0.05) is 0 Å². The van der Waals surface area contributed by atoms with Gasteiger partial charge in [-0.3, -0.25) is 9.59 Å². The molecule has 1 heterocycles. The molecule has 0 saturated carbocycles. The lowest BCUT2D eigenvalue weighted by Crippen LogP contribution is -2.15. The van der Waals surface area contributed by atoms with Gasteiger partial charge in [0.2, 0.25) is 10.2 Å². The number of imidazole rings is 1. The van der Waals surface area contributed by atoms with Crippen molar-refractivity contribution in [2.24, 2.45) is 0 Å². The van der Waals surface area contributed by atoms with Gasteiger partial charge in [0.05, 0.1) is 11.0 Å². The number of aryl methyl sites for hydroxylation is 2. The fourth-order valence-electron chi connectivity index (χ4n) is 1.81. The molecule has 1 aromatic carbocycles. The summed E-state index contributed by atoms with van der Waals surface area (Å²) in [6.07, 6.45) is 0. The molecule has 0 radical (unpaired) electrons. The molecule has 0 aliphatic rings. The van der Waals surface area contributed by atoms with Crippen LogP contribution in [0.15, 0.2) is 12.1 Å². The number of H-pyrrole nitrogens is 1. The van der Waals surface area contributed by atoms with Crippen LogP contribution in [0, 0.1) is 13.8 Å². The lowest BCUT2D eigenvalue weighted by atomic mass is 10.1. The monoisotopic (exact) mass is 280 g/mol. The fraction of sp³-hybridized carbons (Fsp3) is 0.250. The largest absolute Gasteiger partial charge is 0.341 e. The molecule has 1 aromatic heterocycles. The van der Waals surface area contributed by atoms with Gasteiger partial charge in [-0.05, 0) is 31.0 Å². The lowest BCUT2D eigenvalue weighted by Gasteiger charge is -2.03. The number of carbonyl (C=O) groups is 2. The Hall–Kier alpha value is -1.27. The average Bonchev–Trinajstić information content (AvgIpc) is 2.67. The summed E-state index contributed by atoms with van der Waals surface area (Å²) in [7, 11) is 0. The molecule has 0 fully saturated rings. The highest BCUT2D eigenvalue weighted by Crippen LogP contribution is 2.25. The van der Waals surface area contributed by atoms with Crippen LogP contribution >= 0.6 is 25.3 Å².